The van der Waals surface area contributed by atoms with Gasteiger partial charge in [-0.2, -0.15) is 13.2 Å². The van der Waals surface area contributed by atoms with Gasteiger partial charge >= 0.3 is 6.30 Å². The van der Waals surface area contributed by atoms with Gasteiger partial charge in [-0.1, -0.05) is 12.1 Å². The maximum absolute atomic E-state index is 12.9. The van der Waals surface area contributed by atoms with Crippen LogP contribution < -0.4 is 5.43 Å². The van der Waals surface area contributed by atoms with Gasteiger partial charge in [-0.05, 0) is 45.4 Å². The smallest absolute Gasteiger partial charge is 0.311 e. The van der Waals surface area contributed by atoms with Crippen LogP contribution in [0.25, 0.3) is 0 Å². The summed E-state index contributed by atoms with van der Waals surface area (Å²) < 4.78 is 38.6. The van der Waals surface area contributed by atoms with E-state index in [4.69, 9.17) is 0 Å². The molecule has 0 aliphatic rings. The van der Waals surface area contributed by atoms with Crippen molar-refractivity contribution in [2.45, 2.75) is 39.5 Å². The van der Waals surface area contributed by atoms with Crippen molar-refractivity contribution >= 4 is 5.69 Å². The molecular weight excluding hydrogens is 229 g/mol. The van der Waals surface area contributed by atoms with Crippen LogP contribution in [0.15, 0.2) is 24.3 Å². The molecule has 0 saturated heterocycles. The highest BCUT2D eigenvalue weighted by Gasteiger charge is 2.44. The average Bonchev–Trinajstić information content (AvgIpc) is 2.10. The van der Waals surface area contributed by atoms with Crippen molar-refractivity contribution in [1.82, 2.24) is 5.01 Å². The number of hydrogen-bond acceptors (Lipinski definition) is 2. The zero-order valence-electron chi connectivity index (χ0n) is 10.4. The summed E-state index contributed by atoms with van der Waals surface area (Å²) in [5.41, 5.74) is 2.69. The summed E-state index contributed by atoms with van der Waals surface area (Å²) in [5, 5.41) is 0.300. The summed E-state index contributed by atoms with van der Waals surface area (Å²) in [6, 6.07) is 6.83. The van der Waals surface area contributed by atoms with E-state index in [9.17, 15) is 13.2 Å². The maximum Gasteiger partial charge on any atom is 0.477 e. The molecule has 1 aromatic rings. The highest BCUT2D eigenvalue weighted by Crippen LogP contribution is 2.30. The normalized spacial score (nSPS) is 12.9. The highest BCUT2D eigenvalue weighted by molar-refractivity contribution is 5.44. The number of aryl methyl sites for hydroxylation is 1. The van der Waals surface area contributed by atoms with Crippen LogP contribution in [0.5, 0.6) is 0 Å². The Hall–Kier alpha value is -1.23. The second kappa shape index (κ2) is 4.56. The van der Waals surface area contributed by atoms with Gasteiger partial charge in [0.2, 0.25) is 0 Å². The first kappa shape index (κ1) is 13.8. The molecule has 96 valence electrons. The second-order valence-corrected chi connectivity index (χ2v) is 4.96. The molecule has 1 N–H and O–H groups in total. The summed E-state index contributed by atoms with van der Waals surface area (Å²) in [7, 11) is 0. The van der Waals surface area contributed by atoms with Crippen molar-refractivity contribution < 1.29 is 13.2 Å². The maximum atomic E-state index is 12.9. The summed E-state index contributed by atoms with van der Waals surface area (Å²) in [6.07, 6.45) is -4.43. The topological polar surface area (TPSA) is 15.3 Å². The molecule has 1 aromatic carbocycles. The number of nitrogens with zero attached hydrogens (tertiary/aromatic N) is 1. The fourth-order valence-electron chi connectivity index (χ4n) is 1.46. The number of nitrogens with one attached hydrogen (secondary N) is 1. The molecule has 0 unspecified atom stereocenters. The number of anilines is 1. The fourth-order valence-corrected chi connectivity index (χ4v) is 1.46. The lowest BCUT2D eigenvalue weighted by atomic mass is 10.1. The third kappa shape index (κ3) is 3.93. The van der Waals surface area contributed by atoms with Gasteiger partial charge in [0.1, 0.15) is 0 Å². The Kier molecular flexibility index (Phi) is 3.71. The average molecular weight is 246 g/mol. The Morgan fingerprint density at radius 1 is 1.12 bits per heavy atom. The van der Waals surface area contributed by atoms with Crippen molar-refractivity contribution in [3.8, 4) is 0 Å². The van der Waals surface area contributed by atoms with Gasteiger partial charge < -0.3 is 5.43 Å². The standard InChI is InChI=1S/C12H17F3N2/c1-9-6-5-7-10(8-9)16-17(11(2,3)4)12(13,14)15/h5-8,16H,1-4H3. The summed E-state index contributed by atoms with van der Waals surface area (Å²) in [6.45, 7) is 6.34. The van der Waals surface area contributed by atoms with E-state index in [-0.39, 0.29) is 0 Å². The number of halogens is 3. The predicted octanol–water partition coefficient (Wildman–Crippen LogP) is 3.94. The van der Waals surface area contributed by atoms with Gasteiger partial charge in [-0.25, -0.2) is 0 Å². The van der Waals surface area contributed by atoms with E-state index in [1.54, 1.807) is 18.2 Å². The van der Waals surface area contributed by atoms with Crippen LogP contribution in [0.4, 0.5) is 18.9 Å². The van der Waals surface area contributed by atoms with Crippen LogP contribution in [-0.2, 0) is 0 Å². The van der Waals surface area contributed by atoms with Gasteiger partial charge in [0, 0.05) is 11.2 Å². The first-order valence-electron chi connectivity index (χ1n) is 5.31. The van der Waals surface area contributed by atoms with Crippen molar-refractivity contribution in [1.29, 1.82) is 0 Å². The molecule has 0 aliphatic heterocycles. The minimum Gasteiger partial charge on any atom is -0.311 e. The van der Waals surface area contributed by atoms with Crippen LogP contribution in [0.1, 0.15) is 26.3 Å². The van der Waals surface area contributed by atoms with E-state index >= 15 is 0 Å². The lowest BCUT2D eigenvalue weighted by Crippen LogP contribution is -2.53. The molecule has 0 radical (unpaired) electrons. The van der Waals surface area contributed by atoms with E-state index in [1.165, 1.54) is 20.8 Å². The molecule has 0 aromatic heterocycles. The quantitative estimate of drug-likeness (QED) is 0.628. The molecule has 5 heteroatoms. The number of rotatable bonds is 2. The van der Waals surface area contributed by atoms with E-state index in [0.29, 0.717) is 10.7 Å². The molecule has 1 rings (SSSR count). The van der Waals surface area contributed by atoms with Crippen LogP contribution >= 0.6 is 0 Å². The predicted molar refractivity (Wildman–Crippen MR) is 62.4 cm³/mol. The number of benzene rings is 1. The van der Waals surface area contributed by atoms with Crippen LogP contribution in [0, 0.1) is 6.92 Å². The number of alkyl halides is 3. The molecule has 0 amide bonds. The molecular formula is C12H17F3N2. The zero-order chi connectivity index (χ0) is 13.3. The van der Waals surface area contributed by atoms with E-state index in [0.717, 1.165) is 5.56 Å². The Labute approximate surface area is 99.4 Å². The Bertz CT molecular complexity index is 366. The molecule has 0 spiro atoms. The van der Waals surface area contributed by atoms with E-state index in [1.807, 2.05) is 13.0 Å². The first-order chi connectivity index (χ1) is 7.60. The molecule has 0 fully saturated rings. The van der Waals surface area contributed by atoms with Crippen LogP contribution in [0.2, 0.25) is 0 Å². The van der Waals surface area contributed by atoms with Gasteiger partial charge in [0.15, 0.2) is 0 Å². The van der Waals surface area contributed by atoms with Gasteiger partial charge in [0.25, 0.3) is 0 Å². The van der Waals surface area contributed by atoms with Crippen molar-refractivity contribution in [2.75, 3.05) is 5.43 Å². The summed E-state index contributed by atoms with van der Waals surface area (Å²) >= 11 is 0. The number of hydrazine groups is 1. The van der Waals surface area contributed by atoms with Gasteiger partial charge in [-0.3, -0.25) is 0 Å². The van der Waals surface area contributed by atoms with Crippen molar-refractivity contribution in [2.24, 2.45) is 0 Å². The first-order valence-corrected chi connectivity index (χ1v) is 5.31. The minimum atomic E-state index is -4.43. The minimum absolute atomic E-state index is 0.300. The summed E-state index contributed by atoms with van der Waals surface area (Å²) in [5.74, 6) is 0. The number of hydrogen-bond donors (Lipinski definition) is 1. The molecule has 0 saturated carbocycles. The largest absolute Gasteiger partial charge is 0.477 e. The van der Waals surface area contributed by atoms with Gasteiger partial charge in [0.05, 0.1) is 0 Å². The monoisotopic (exact) mass is 246 g/mol. The van der Waals surface area contributed by atoms with Crippen molar-refractivity contribution in [3.63, 3.8) is 0 Å². The van der Waals surface area contributed by atoms with E-state index < -0.39 is 11.8 Å². The Morgan fingerprint density at radius 2 is 1.71 bits per heavy atom. The fraction of sp³-hybridized carbons (Fsp3) is 0.500. The Morgan fingerprint density at radius 3 is 2.12 bits per heavy atom. The van der Waals surface area contributed by atoms with Crippen molar-refractivity contribution in [3.05, 3.63) is 29.8 Å². The molecule has 0 atom stereocenters. The summed E-state index contributed by atoms with van der Waals surface area (Å²) in [4.78, 5) is 0. The SMILES string of the molecule is Cc1cccc(NN(C(C)(C)C)C(F)(F)F)c1. The third-order valence-electron chi connectivity index (χ3n) is 2.18. The van der Waals surface area contributed by atoms with Gasteiger partial charge in [-0.15, -0.1) is 5.01 Å². The van der Waals surface area contributed by atoms with E-state index in [2.05, 4.69) is 5.43 Å². The van der Waals surface area contributed by atoms with Crippen LogP contribution in [0.3, 0.4) is 0 Å². The Balaban J connectivity index is 2.96. The van der Waals surface area contributed by atoms with Crippen LogP contribution in [-0.4, -0.2) is 16.8 Å². The zero-order valence-corrected chi connectivity index (χ0v) is 10.4. The lowest BCUT2D eigenvalue weighted by Gasteiger charge is -2.37. The molecule has 2 nitrogen and oxygen atoms in total. The highest BCUT2D eigenvalue weighted by atomic mass is 19.4. The second-order valence-electron chi connectivity index (χ2n) is 4.96. The molecule has 0 bridgehead atoms. The molecule has 0 aliphatic carbocycles. The molecule has 17 heavy (non-hydrogen) atoms. The lowest BCUT2D eigenvalue weighted by molar-refractivity contribution is -0.260. The molecule has 0 heterocycles. The third-order valence-corrected chi connectivity index (χ3v) is 2.18.